The highest BCUT2D eigenvalue weighted by molar-refractivity contribution is 5.90. The lowest BCUT2D eigenvalue weighted by Crippen LogP contribution is -2.25. The summed E-state index contributed by atoms with van der Waals surface area (Å²) in [5.41, 5.74) is 5.41. The zero-order valence-electron chi connectivity index (χ0n) is 7.94. The van der Waals surface area contributed by atoms with E-state index in [0.717, 1.165) is 6.08 Å². The predicted octanol–water partition coefficient (Wildman–Crippen LogP) is 1.51. The van der Waals surface area contributed by atoms with E-state index in [1.54, 1.807) is 0 Å². The van der Waals surface area contributed by atoms with Crippen molar-refractivity contribution in [1.29, 1.82) is 0 Å². The fourth-order valence-electron chi connectivity index (χ4n) is 1.25. The third kappa shape index (κ3) is 2.10. The third-order valence-electron chi connectivity index (χ3n) is 1.87. The van der Waals surface area contributed by atoms with Gasteiger partial charge in [0, 0.05) is 6.08 Å². The number of fused-ring (bicyclic) bond motifs is 1. The van der Waals surface area contributed by atoms with Gasteiger partial charge in [-0.1, -0.05) is 6.07 Å². The van der Waals surface area contributed by atoms with Gasteiger partial charge < -0.3 is 15.2 Å². The Labute approximate surface area is 89.3 Å². The number of alkyl halides is 2. The van der Waals surface area contributed by atoms with Crippen LogP contribution in [0.4, 0.5) is 8.78 Å². The summed E-state index contributed by atoms with van der Waals surface area (Å²) in [6, 6.07) is 4.16. The number of amides is 1. The second-order valence-corrected chi connectivity index (χ2v) is 3.11. The van der Waals surface area contributed by atoms with Gasteiger partial charge in [-0.15, -0.1) is 8.78 Å². The van der Waals surface area contributed by atoms with Gasteiger partial charge >= 0.3 is 6.29 Å². The van der Waals surface area contributed by atoms with E-state index in [0.29, 0.717) is 5.56 Å². The van der Waals surface area contributed by atoms with Crippen LogP contribution < -0.4 is 15.2 Å². The molecule has 16 heavy (non-hydrogen) atoms. The topological polar surface area (TPSA) is 61.6 Å². The zero-order chi connectivity index (χ0) is 11.8. The normalized spacial score (nSPS) is 16.6. The summed E-state index contributed by atoms with van der Waals surface area (Å²) in [7, 11) is 0. The van der Waals surface area contributed by atoms with Crippen LogP contribution in [0, 0.1) is 0 Å². The number of carbonyl (C=O) groups is 1. The van der Waals surface area contributed by atoms with Crippen LogP contribution >= 0.6 is 0 Å². The molecule has 1 aliphatic heterocycles. The predicted molar refractivity (Wildman–Crippen MR) is 50.9 cm³/mol. The van der Waals surface area contributed by atoms with Gasteiger partial charge in [0.1, 0.15) is 0 Å². The van der Waals surface area contributed by atoms with Crippen LogP contribution in [-0.2, 0) is 4.79 Å². The van der Waals surface area contributed by atoms with Crippen molar-refractivity contribution in [1.82, 2.24) is 0 Å². The molecule has 84 valence electrons. The molecule has 1 aromatic rings. The number of benzene rings is 1. The van der Waals surface area contributed by atoms with Crippen LogP contribution in [0.3, 0.4) is 0 Å². The van der Waals surface area contributed by atoms with Gasteiger partial charge in [0.05, 0.1) is 0 Å². The number of carbonyl (C=O) groups excluding carboxylic acids is 1. The van der Waals surface area contributed by atoms with Crippen molar-refractivity contribution in [3.8, 4) is 11.5 Å². The molecule has 2 rings (SSSR count). The molecular weight excluding hydrogens is 220 g/mol. The highest BCUT2D eigenvalue weighted by Gasteiger charge is 2.43. The number of hydrogen-bond acceptors (Lipinski definition) is 3. The van der Waals surface area contributed by atoms with Crippen molar-refractivity contribution in [3.05, 3.63) is 29.8 Å². The van der Waals surface area contributed by atoms with E-state index in [1.807, 2.05) is 0 Å². The fraction of sp³-hybridized carbons (Fsp3) is 0.100. The van der Waals surface area contributed by atoms with Crippen LogP contribution in [0.5, 0.6) is 11.5 Å². The monoisotopic (exact) mass is 227 g/mol. The lowest BCUT2D eigenvalue weighted by atomic mass is 10.2. The molecule has 0 atom stereocenters. The van der Waals surface area contributed by atoms with Crippen LogP contribution in [0.25, 0.3) is 6.08 Å². The highest BCUT2D eigenvalue weighted by Crippen LogP contribution is 2.41. The molecule has 6 heteroatoms. The number of rotatable bonds is 2. The van der Waals surface area contributed by atoms with Crippen molar-refractivity contribution in [2.45, 2.75) is 6.29 Å². The number of ether oxygens (including phenoxy) is 2. The van der Waals surface area contributed by atoms with E-state index < -0.39 is 12.2 Å². The zero-order valence-corrected chi connectivity index (χ0v) is 7.94. The first kappa shape index (κ1) is 10.4. The van der Waals surface area contributed by atoms with E-state index in [4.69, 9.17) is 5.73 Å². The van der Waals surface area contributed by atoms with Gasteiger partial charge in [-0.2, -0.15) is 0 Å². The minimum absolute atomic E-state index is 0.0405. The van der Waals surface area contributed by atoms with E-state index in [-0.39, 0.29) is 11.5 Å². The first-order valence-electron chi connectivity index (χ1n) is 4.34. The Morgan fingerprint density at radius 1 is 1.31 bits per heavy atom. The molecule has 0 aliphatic carbocycles. The number of nitrogens with two attached hydrogens (primary N) is 1. The van der Waals surface area contributed by atoms with Crippen molar-refractivity contribution in [2.24, 2.45) is 5.73 Å². The van der Waals surface area contributed by atoms with Crippen LogP contribution in [0.2, 0.25) is 0 Å². The molecule has 2 N–H and O–H groups in total. The molecule has 1 amide bonds. The fourth-order valence-corrected chi connectivity index (χ4v) is 1.25. The summed E-state index contributed by atoms with van der Waals surface area (Å²) in [4.78, 5) is 10.5. The summed E-state index contributed by atoms with van der Waals surface area (Å²) in [5.74, 6) is -0.735. The molecule has 0 fully saturated rings. The van der Waals surface area contributed by atoms with E-state index in [2.05, 4.69) is 9.47 Å². The third-order valence-corrected chi connectivity index (χ3v) is 1.87. The molecule has 0 radical (unpaired) electrons. The minimum Gasteiger partial charge on any atom is -0.395 e. The second kappa shape index (κ2) is 3.48. The highest BCUT2D eigenvalue weighted by atomic mass is 19.3. The Hall–Kier alpha value is -2.11. The Kier molecular flexibility index (Phi) is 2.26. The molecular formula is C10H7F2NO3. The standard InChI is InChI=1S/C10H7F2NO3/c11-10(12)15-7-3-1-6(2-4-9(13)14)5-8(7)16-10/h1-5H,(H2,13,14)/b4-2+. The van der Waals surface area contributed by atoms with Crippen LogP contribution in [0.1, 0.15) is 5.56 Å². The van der Waals surface area contributed by atoms with Crippen LogP contribution in [0.15, 0.2) is 24.3 Å². The van der Waals surface area contributed by atoms with Crippen molar-refractivity contribution >= 4 is 12.0 Å². The Morgan fingerprint density at radius 3 is 2.69 bits per heavy atom. The molecule has 0 saturated heterocycles. The average molecular weight is 227 g/mol. The second-order valence-electron chi connectivity index (χ2n) is 3.11. The SMILES string of the molecule is NC(=O)/C=C/c1ccc2c(c1)OC(F)(F)O2. The molecule has 0 saturated carbocycles. The van der Waals surface area contributed by atoms with Gasteiger partial charge in [-0.05, 0) is 23.8 Å². The van der Waals surface area contributed by atoms with Gasteiger partial charge in [-0.3, -0.25) is 4.79 Å². The molecule has 0 aromatic heterocycles. The Bertz CT molecular complexity index is 471. The minimum atomic E-state index is -3.63. The van der Waals surface area contributed by atoms with Crippen molar-refractivity contribution in [3.63, 3.8) is 0 Å². The maximum absolute atomic E-state index is 12.6. The molecule has 1 aromatic carbocycles. The maximum atomic E-state index is 12.6. The lowest BCUT2D eigenvalue weighted by Gasteiger charge is -2.04. The van der Waals surface area contributed by atoms with E-state index >= 15 is 0 Å². The average Bonchev–Trinajstić information content (AvgIpc) is 2.47. The summed E-state index contributed by atoms with van der Waals surface area (Å²) >= 11 is 0. The molecule has 0 unspecified atom stereocenters. The first-order valence-corrected chi connectivity index (χ1v) is 4.34. The Balaban J connectivity index is 2.26. The van der Waals surface area contributed by atoms with E-state index in [1.165, 1.54) is 24.3 Å². The quantitative estimate of drug-likeness (QED) is 0.779. The van der Waals surface area contributed by atoms with E-state index in [9.17, 15) is 13.6 Å². The van der Waals surface area contributed by atoms with Gasteiger partial charge in [0.2, 0.25) is 5.91 Å². The smallest absolute Gasteiger partial charge is 0.395 e. The molecule has 0 bridgehead atoms. The first-order chi connectivity index (χ1) is 7.46. The number of primary amides is 1. The molecule has 1 heterocycles. The van der Waals surface area contributed by atoms with Crippen molar-refractivity contribution < 1.29 is 23.0 Å². The summed E-state index contributed by atoms with van der Waals surface area (Å²) in [6.45, 7) is 0. The molecule has 4 nitrogen and oxygen atoms in total. The number of hydrogen-bond donors (Lipinski definition) is 1. The largest absolute Gasteiger partial charge is 0.586 e. The molecule has 1 aliphatic rings. The maximum Gasteiger partial charge on any atom is 0.586 e. The van der Waals surface area contributed by atoms with Crippen molar-refractivity contribution in [2.75, 3.05) is 0 Å². The summed E-state index contributed by atoms with van der Waals surface area (Å²) in [5, 5.41) is 0. The van der Waals surface area contributed by atoms with Crippen LogP contribution in [-0.4, -0.2) is 12.2 Å². The van der Waals surface area contributed by atoms with Gasteiger partial charge in [0.15, 0.2) is 11.5 Å². The number of halogens is 2. The van der Waals surface area contributed by atoms with Gasteiger partial charge in [-0.25, -0.2) is 0 Å². The summed E-state index contributed by atoms with van der Waals surface area (Å²) < 4.78 is 33.7. The molecule has 0 spiro atoms. The summed E-state index contributed by atoms with van der Waals surface area (Å²) in [6.07, 6.45) is -1.12. The lowest BCUT2D eigenvalue weighted by molar-refractivity contribution is -0.286. The van der Waals surface area contributed by atoms with Gasteiger partial charge in [0.25, 0.3) is 0 Å². The Morgan fingerprint density at radius 2 is 2.00 bits per heavy atom.